The van der Waals surface area contributed by atoms with Gasteiger partial charge < -0.3 is 9.53 Å². The maximum Gasteiger partial charge on any atom is 0.331 e. The highest BCUT2D eigenvalue weighted by atomic mass is 28.4. The van der Waals surface area contributed by atoms with Crippen molar-refractivity contribution >= 4 is 14.3 Å². The topological polar surface area (TPSA) is 46.5 Å². The van der Waals surface area contributed by atoms with Gasteiger partial charge in [-0.05, 0) is 30.6 Å². The molecule has 0 aromatic carbocycles. The normalized spacial score (nSPS) is 22.6. The number of esters is 1. The van der Waals surface area contributed by atoms with Gasteiger partial charge in [0.25, 0.3) is 0 Å². The van der Waals surface area contributed by atoms with Crippen LogP contribution in [0.5, 0.6) is 0 Å². The van der Waals surface area contributed by atoms with Crippen LogP contribution in [0.4, 0.5) is 0 Å². The largest absolute Gasteiger partial charge is 0.455 e. The summed E-state index contributed by atoms with van der Waals surface area (Å²) in [7, 11) is -2.20. The number of rotatable bonds is 3. The lowest BCUT2D eigenvalue weighted by Crippen LogP contribution is -2.40. The van der Waals surface area contributed by atoms with E-state index in [4.69, 9.17) is 4.74 Å². The molecule has 1 aliphatic heterocycles. The Hall–Kier alpha value is -0.613. The van der Waals surface area contributed by atoms with E-state index >= 15 is 0 Å². The molecule has 0 saturated heterocycles. The van der Waals surface area contributed by atoms with Crippen LogP contribution in [0.15, 0.2) is 12.2 Å². The third-order valence-electron chi connectivity index (χ3n) is 3.08. The van der Waals surface area contributed by atoms with Crippen molar-refractivity contribution in [3.63, 3.8) is 0 Å². The molecule has 0 unspecified atom stereocenters. The highest BCUT2D eigenvalue weighted by molar-refractivity contribution is 6.72. The van der Waals surface area contributed by atoms with E-state index in [-0.39, 0.29) is 17.1 Å². The number of ether oxygens (including phenoxy) is 1. The number of hydrogen-bond donors (Lipinski definition) is 1. The summed E-state index contributed by atoms with van der Waals surface area (Å²) in [6, 6.07) is 0. The second-order valence-corrected chi connectivity index (χ2v) is 9.45. The van der Waals surface area contributed by atoms with Gasteiger partial charge in [0.1, 0.15) is 6.10 Å². The molecule has 0 spiro atoms. The summed E-state index contributed by atoms with van der Waals surface area (Å²) >= 11 is 0. The zero-order chi connectivity index (χ0) is 11.0. The molecule has 80 valence electrons. The molecule has 0 saturated carbocycles. The molecule has 3 nitrogen and oxygen atoms in total. The van der Waals surface area contributed by atoms with Gasteiger partial charge in [-0.15, -0.1) is 0 Å². The summed E-state index contributed by atoms with van der Waals surface area (Å²) in [4.78, 5) is 20.9. The van der Waals surface area contributed by atoms with E-state index in [1.807, 2.05) is 26.9 Å². The molecule has 1 heterocycles. The summed E-state index contributed by atoms with van der Waals surface area (Å²) in [5, 5.41) is -0.146. The quantitative estimate of drug-likeness (QED) is 0.576. The molecule has 0 aromatic heterocycles. The Balaban J connectivity index is 2.60. The molecular formula is C10H18O3Si. The summed E-state index contributed by atoms with van der Waals surface area (Å²) in [5.74, 6) is -0.275. The third kappa shape index (κ3) is 2.45. The minimum Gasteiger partial charge on any atom is -0.455 e. The summed E-state index contributed by atoms with van der Waals surface area (Å²) < 4.78 is 5.05. The van der Waals surface area contributed by atoms with Crippen molar-refractivity contribution in [1.29, 1.82) is 0 Å². The average molecular weight is 214 g/mol. The van der Waals surface area contributed by atoms with Gasteiger partial charge in [-0.1, -0.05) is 13.8 Å². The van der Waals surface area contributed by atoms with Crippen molar-refractivity contribution in [3.8, 4) is 0 Å². The zero-order valence-corrected chi connectivity index (χ0v) is 10.2. The van der Waals surface area contributed by atoms with E-state index in [0.29, 0.717) is 6.42 Å². The lowest BCUT2D eigenvalue weighted by molar-refractivity contribution is -0.139. The molecular weight excluding hydrogens is 196 g/mol. The minimum atomic E-state index is -2.20. The first-order chi connectivity index (χ1) is 6.22. The summed E-state index contributed by atoms with van der Waals surface area (Å²) in [5.41, 5.74) is 0. The predicted octanol–water partition coefficient (Wildman–Crippen LogP) is 1.84. The molecule has 0 fully saturated rings. The smallest absolute Gasteiger partial charge is 0.331 e. The zero-order valence-electron chi connectivity index (χ0n) is 9.20. The molecule has 0 bridgehead atoms. The van der Waals surface area contributed by atoms with Crippen LogP contribution >= 0.6 is 0 Å². The molecule has 0 radical (unpaired) electrons. The van der Waals surface area contributed by atoms with Crippen LogP contribution in [0.3, 0.4) is 0 Å². The molecule has 14 heavy (non-hydrogen) atoms. The number of hydrogen-bond acceptors (Lipinski definition) is 3. The second-order valence-electron chi connectivity index (χ2n) is 4.98. The van der Waals surface area contributed by atoms with Gasteiger partial charge in [-0.25, -0.2) is 4.79 Å². The molecule has 1 aliphatic rings. The van der Waals surface area contributed by atoms with Crippen molar-refractivity contribution < 1.29 is 14.3 Å². The molecule has 0 amide bonds. The highest BCUT2D eigenvalue weighted by Crippen LogP contribution is 2.41. The first-order valence-electron chi connectivity index (χ1n) is 4.83. The average Bonchev–Trinajstić information content (AvgIpc) is 2.31. The maximum atomic E-state index is 10.8. The van der Waals surface area contributed by atoms with Gasteiger partial charge in [0.2, 0.25) is 0 Å². The van der Waals surface area contributed by atoms with Crippen LogP contribution in [0.2, 0.25) is 18.1 Å². The van der Waals surface area contributed by atoms with Crippen molar-refractivity contribution in [2.75, 3.05) is 0 Å². The lowest BCUT2D eigenvalue weighted by atomic mass is 10.1. The Morgan fingerprint density at radius 3 is 2.50 bits per heavy atom. The monoisotopic (exact) mass is 214 g/mol. The highest BCUT2D eigenvalue weighted by Gasteiger charge is 2.40. The number of carbonyl (C=O) groups excluding carboxylic acids is 1. The predicted molar refractivity (Wildman–Crippen MR) is 57.4 cm³/mol. The molecule has 1 atom stereocenters. The summed E-state index contributed by atoms with van der Waals surface area (Å²) in [6.45, 7) is 7.87. The van der Waals surface area contributed by atoms with Crippen LogP contribution in [0.1, 0.15) is 20.3 Å². The third-order valence-corrected chi connectivity index (χ3v) is 6.60. The van der Waals surface area contributed by atoms with Crippen molar-refractivity contribution in [2.24, 2.45) is 0 Å². The van der Waals surface area contributed by atoms with Gasteiger partial charge in [0.15, 0.2) is 8.32 Å². The van der Waals surface area contributed by atoms with Crippen molar-refractivity contribution in [2.45, 2.75) is 44.5 Å². The van der Waals surface area contributed by atoms with E-state index in [1.54, 1.807) is 6.08 Å². The van der Waals surface area contributed by atoms with Crippen LogP contribution < -0.4 is 0 Å². The van der Waals surface area contributed by atoms with Gasteiger partial charge >= 0.3 is 5.97 Å². The first-order valence-corrected chi connectivity index (χ1v) is 7.78. The standard InChI is InChI=1S/C10H18O3Si/c1-10(2,14(3,4)12)7-8-5-6-9(11)13-8/h5-6,8,12H,7H2,1-4H3/t8-/m0/s1. The Bertz CT molecular complexity index is 263. The Kier molecular flexibility index (Phi) is 2.87. The van der Waals surface area contributed by atoms with Gasteiger partial charge in [0, 0.05) is 6.08 Å². The lowest BCUT2D eigenvalue weighted by Gasteiger charge is -2.36. The van der Waals surface area contributed by atoms with E-state index < -0.39 is 8.32 Å². The van der Waals surface area contributed by atoms with Crippen LogP contribution in [0.25, 0.3) is 0 Å². The van der Waals surface area contributed by atoms with Gasteiger partial charge in [0.05, 0.1) is 0 Å². The SMILES string of the molecule is CC(C)(C[C@@H]1C=CC(=O)O1)[Si](C)(C)O. The fourth-order valence-electron chi connectivity index (χ4n) is 1.28. The van der Waals surface area contributed by atoms with Crippen LogP contribution in [-0.2, 0) is 9.53 Å². The van der Waals surface area contributed by atoms with Crippen molar-refractivity contribution in [1.82, 2.24) is 0 Å². The van der Waals surface area contributed by atoms with Gasteiger partial charge in [-0.3, -0.25) is 0 Å². The molecule has 1 N–H and O–H groups in total. The number of carbonyl (C=O) groups is 1. The van der Waals surface area contributed by atoms with E-state index in [1.165, 1.54) is 6.08 Å². The van der Waals surface area contributed by atoms with E-state index in [2.05, 4.69) is 0 Å². The van der Waals surface area contributed by atoms with Gasteiger partial charge in [-0.2, -0.15) is 0 Å². The van der Waals surface area contributed by atoms with E-state index in [0.717, 1.165) is 0 Å². The second kappa shape index (κ2) is 3.51. The molecule has 0 aromatic rings. The minimum absolute atomic E-state index is 0.146. The Morgan fingerprint density at radius 2 is 2.14 bits per heavy atom. The molecule has 1 rings (SSSR count). The fourth-order valence-corrected chi connectivity index (χ4v) is 1.98. The fraction of sp³-hybridized carbons (Fsp3) is 0.700. The number of cyclic esters (lactones) is 1. The maximum absolute atomic E-state index is 10.8. The Labute approximate surface area is 85.9 Å². The Morgan fingerprint density at radius 1 is 1.57 bits per heavy atom. The van der Waals surface area contributed by atoms with Crippen LogP contribution in [-0.4, -0.2) is 25.2 Å². The molecule has 0 aliphatic carbocycles. The van der Waals surface area contributed by atoms with Crippen LogP contribution in [0, 0.1) is 0 Å². The molecule has 4 heteroatoms. The van der Waals surface area contributed by atoms with Crippen molar-refractivity contribution in [3.05, 3.63) is 12.2 Å². The van der Waals surface area contributed by atoms with E-state index in [9.17, 15) is 9.59 Å². The summed E-state index contributed by atoms with van der Waals surface area (Å²) in [6.07, 6.45) is 3.76. The first kappa shape index (κ1) is 11.5.